The third-order valence-corrected chi connectivity index (χ3v) is 5.16. The molecule has 0 saturated heterocycles. The van der Waals surface area contributed by atoms with Crippen molar-refractivity contribution in [2.24, 2.45) is 11.8 Å². The summed E-state index contributed by atoms with van der Waals surface area (Å²) in [4.78, 5) is 39.5. The number of rotatable bonds is 5. The SMILES string of the molecule is CCOc1ccc([C@@H]2[C@H](C(=O)OC(C)(C)C)C(=O)C[C@](C)(O)[C@@H]2C(=O)OC(C)(C)C)cc1. The second-order valence-electron chi connectivity index (χ2n) is 10.6. The first kappa shape index (κ1) is 25.8. The van der Waals surface area contributed by atoms with Gasteiger partial charge in [0.2, 0.25) is 0 Å². The van der Waals surface area contributed by atoms with E-state index in [0.29, 0.717) is 17.9 Å². The van der Waals surface area contributed by atoms with E-state index in [2.05, 4.69) is 0 Å². The standard InChI is InChI=1S/C25H36O7/c1-9-30-16-12-10-15(11-13-16)18-19(21(27)31-23(2,3)4)17(26)14-25(8,29)20(18)22(28)32-24(5,6)7/h10-13,18-20,29H,9,14H2,1-8H3/t18-,19-,20+,25+/m1/s1. The lowest BCUT2D eigenvalue weighted by Gasteiger charge is -2.44. The van der Waals surface area contributed by atoms with Gasteiger partial charge in [-0.25, -0.2) is 0 Å². The minimum absolute atomic E-state index is 0.353. The molecule has 0 aliphatic heterocycles. The summed E-state index contributed by atoms with van der Waals surface area (Å²) in [5.41, 5.74) is -2.77. The highest BCUT2D eigenvalue weighted by atomic mass is 16.6. The number of hydrogen-bond acceptors (Lipinski definition) is 7. The fraction of sp³-hybridized carbons (Fsp3) is 0.640. The second-order valence-corrected chi connectivity index (χ2v) is 10.6. The van der Waals surface area contributed by atoms with Crippen molar-refractivity contribution in [1.82, 2.24) is 0 Å². The highest BCUT2D eigenvalue weighted by molar-refractivity contribution is 6.03. The lowest BCUT2D eigenvalue weighted by atomic mass is 9.61. The summed E-state index contributed by atoms with van der Waals surface area (Å²) in [6, 6.07) is 6.84. The third kappa shape index (κ3) is 6.31. The summed E-state index contributed by atoms with van der Waals surface area (Å²) < 4.78 is 16.6. The maximum atomic E-state index is 13.3. The number of ketones is 1. The van der Waals surface area contributed by atoms with Crippen LogP contribution in [0.4, 0.5) is 0 Å². The Hall–Kier alpha value is -2.41. The number of carbonyl (C=O) groups excluding carboxylic acids is 3. The molecule has 1 N–H and O–H groups in total. The minimum atomic E-state index is -1.69. The van der Waals surface area contributed by atoms with E-state index in [0.717, 1.165) is 0 Å². The molecular weight excluding hydrogens is 412 g/mol. The fourth-order valence-electron chi connectivity index (χ4n) is 4.10. The molecule has 1 aliphatic carbocycles. The lowest BCUT2D eigenvalue weighted by Crippen LogP contribution is -2.56. The van der Waals surface area contributed by atoms with Gasteiger partial charge in [0.05, 0.1) is 18.1 Å². The van der Waals surface area contributed by atoms with Crippen LogP contribution in [0, 0.1) is 11.8 Å². The Balaban J connectivity index is 2.62. The summed E-state index contributed by atoms with van der Waals surface area (Å²) >= 11 is 0. The van der Waals surface area contributed by atoms with Gasteiger partial charge in [0.25, 0.3) is 0 Å². The van der Waals surface area contributed by atoms with Gasteiger partial charge in [-0.15, -0.1) is 0 Å². The Morgan fingerprint density at radius 2 is 1.50 bits per heavy atom. The van der Waals surface area contributed by atoms with Crippen LogP contribution in [0.3, 0.4) is 0 Å². The van der Waals surface area contributed by atoms with Crippen LogP contribution in [0.1, 0.15) is 73.3 Å². The average molecular weight is 449 g/mol. The van der Waals surface area contributed by atoms with Gasteiger partial charge in [0.1, 0.15) is 22.9 Å². The van der Waals surface area contributed by atoms with E-state index in [1.165, 1.54) is 6.92 Å². The van der Waals surface area contributed by atoms with Gasteiger partial charge < -0.3 is 19.3 Å². The number of ether oxygens (including phenoxy) is 3. The molecule has 4 atom stereocenters. The molecule has 0 aromatic heterocycles. The van der Waals surface area contributed by atoms with Crippen molar-refractivity contribution < 1.29 is 33.7 Å². The molecule has 1 aliphatic rings. The van der Waals surface area contributed by atoms with E-state index in [4.69, 9.17) is 14.2 Å². The van der Waals surface area contributed by atoms with E-state index < -0.39 is 52.3 Å². The van der Waals surface area contributed by atoms with Crippen LogP contribution in [0.25, 0.3) is 0 Å². The Labute approximate surface area is 190 Å². The highest BCUT2D eigenvalue weighted by Crippen LogP contribution is 2.47. The van der Waals surface area contributed by atoms with Gasteiger partial charge in [-0.1, -0.05) is 12.1 Å². The molecule has 0 amide bonds. The number of Topliss-reactive ketones (excluding diaryl/α,β-unsaturated/α-hetero) is 1. The quantitative estimate of drug-likeness (QED) is 0.540. The molecule has 0 heterocycles. The normalized spacial score (nSPS) is 26.4. The summed E-state index contributed by atoms with van der Waals surface area (Å²) in [6.45, 7) is 14.1. The number of hydrogen-bond donors (Lipinski definition) is 1. The molecule has 1 aromatic carbocycles. The van der Waals surface area contributed by atoms with E-state index in [1.54, 1.807) is 65.8 Å². The van der Waals surface area contributed by atoms with Crippen molar-refractivity contribution in [2.75, 3.05) is 6.61 Å². The van der Waals surface area contributed by atoms with Crippen molar-refractivity contribution in [1.29, 1.82) is 0 Å². The van der Waals surface area contributed by atoms with Gasteiger partial charge in [0, 0.05) is 12.3 Å². The molecule has 1 aromatic rings. The lowest BCUT2D eigenvalue weighted by molar-refractivity contribution is -0.182. The van der Waals surface area contributed by atoms with Gasteiger partial charge in [0.15, 0.2) is 5.78 Å². The maximum Gasteiger partial charge on any atom is 0.317 e. The molecule has 0 radical (unpaired) electrons. The summed E-state index contributed by atoms with van der Waals surface area (Å²) in [5.74, 6) is -4.57. The largest absolute Gasteiger partial charge is 0.494 e. The summed E-state index contributed by atoms with van der Waals surface area (Å²) in [5, 5.41) is 11.2. The van der Waals surface area contributed by atoms with Crippen molar-refractivity contribution in [3.63, 3.8) is 0 Å². The van der Waals surface area contributed by atoms with E-state index >= 15 is 0 Å². The molecule has 7 nitrogen and oxygen atoms in total. The zero-order valence-corrected chi connectivity index (χ0v) is 20.4. The summed E-state index contributed by atoms with van der Waals surface area (Å²) in [7, 11) is 0. The number of benzene rings is 1. The first-order valence-electron chi connectivity index (χ1n) is 11.0. The van der Waals surface area contributed by atoms with Crippen LogP contribution in [-0.4, -0.2) is 46.2 Å². The maximum absolute atomic E-state index is 13.3. The fourth-order valence-corrected chi connectivity index (χ4v) is 4.10. The number of esters is 2. The van der Waals surface area contributed by atoms with Crippen LogP contribution in [0.5, 0.6) is 5.75 Å². The van der Waals surface area contributed by atoms with E-state index in [-0.39, 0.29) is 6.42 Å². The molecule has 7 heteroatoms. The zero-order chi connectivity index (χ0) is 24.5. The Morgan fingerprint density at radius 3 is 1.97 bits per heavy atom. The molecule has 2 rings (SSSR count). The van der Waals surface area contributed by atoms with E-state index in [9.17, 15) is 19.5 Å². The van der Waals surface area contributed by atoms with Crippen molar-refractivity contribution in [3.05, 3.63) is 29.8 Å². The third-order valence-electron chi connectivity index (χ3n) is 5.16. The topological polar surface area (TPSA) is 99.1 Å². The zero-order valence-electron chi connectivity index (χ0n) is 20.4. The van der Waals surface area contributed by atoms with Crippen LogP contribution < -0.4 is 4.74 Å². The second kappa shape index (κ2) is 9.22. The predicted octanol–water partition coefficient (Wildman–Crippen LogP) is 3.81. The molecule has 1 fully saturated rings. The van der Waals surface area contributed by atoms with Crippen molar-refractivity contribution in [2.45, 2.75) is 84.5 Å². The van der Waals surface area contributed by atoms with Crippen LogP contribution in [0.15, 0.2) is 24.3 Å². The number of carbonyl (C=O) groups is 3. The molecule has 178 valence electrons. The molecule has 1 saturated carbocycles. The first-order valence-corrected chi connectivity index (χ1v) is 11.0. The van der Waals surface area contributed by atoms with Gasteiger partial charge in [-0.3, -0.25) is 14.4 Å². The van der Waals surface area contributed by atoms with Crippen LogP contribution in [-0.2, 0) is 23.9 Å². The van der Waals surface area contributed by atoms with E-state index in [1.807, 2.05) is 6.92 Å². The van der Waals surface area contributed by atoms with Gasteiger partial charge in [-0.2, -0.15) is 0 Å². The monoisotopic (exact) mass is 448 g/mol. The summed E-state index contributed by atoms with van der Waals surface area (Å²) in [6.07, 6.45) is -0.353. The van der Waals surface area contributed by atoms with Crippen molar-refractivity contribution in [3.8, 4) is 5.75 Å². The predicted molar refractivity (Wildman–Crippen MR) is 119 cm³/mol. The van der Waals surface area contributed by atoms with Gasteiger partial charge in [-0.05, 0) is 73.1 Å². The minimum Gasteiger partial charge on any atom is -0.494 e. The Kier molecular flexibility index (Phi) is 7.45. The molecule has 0 bridgehead atoms. The van der Waals surface area contributed by atoms with Crippen molar-refractivity contribution >= 4 is 17.7 Å². The Bertz CT molecular complexity index is 841. The highest BCUT2D eigenvalue weighted by Gasteiger charge is 2.57. The molecule has 32 heavy (non-hydrogen) atoms. The number of aliphatic hydroxyl groups is 1. The van der Waals surface area contributed by atoms with Crippen LogP contribution in [0.2, 0.25) is 0 Å². The average Bonchev–Trinajstić information content (AvgIpc) is 2.57. The van der Waals surface area contributed by atoms with Gasteiger partial charge >= 0.3 is 11.9 Å². The first-order chi connectivity index (χ1) is 14.6. The smallest absolute Gasteiger partial charge is 0.317 e. The molecular formula is C25H36O7. The molecule has 0 unspecified atom stereocenters. The molecule has 0 spiro atoms. The Morgan fingerprint density at radius 1 is 1.00 bits per heavy atom. The van der Waals surface area contributed by atoms with Crippen LogP contribution >= 0.6 is 0 Å².